The van der Waals surface area contributed by atoms with E-state index >= 15 is 0 Å². The standard InChI is InChI=1S/C17H13NO3S2/c1-10-13-8-11(14(19)6-5-12-4-3-7-22-12)9-18-16(13)23-15(10)17(20)21-2/h3-9H,1-2H3/b6-5+. The molecule has 0 saturated heterocycles. The molecule has 116 valence electrons. The molecule has 0 aliphatic rings. The minimum absolute atomic E-state index is 0.113. The van der Waals surface area contributed by atoms with Crippen LogP contribution in [0.25, 0.3) is 16.3 Å². The largest absolute Gasteiger partial charge is 0.465 e. The lowest BCUT2D eigenvalue weighted by Gasteiger charge is -1.98. The number of nitrogens with zero attached hydrogens (tertiary/aromatic N) is 1. The molecule has 3 aromatic heterocycles. The zero-order valence-electron chi connectivity index (χ0n) is 12.5. The van der Waals surface area contributed by atoms with E-state index in [1.165, 1.54) is 24.5 Å². The van der Waals surface area contributed by atoms with Crippen LogP contribution in [0.15, 0.2) is 35.9 Å². The molecule has 0 saturated carbocycles. The quantitative estimate of drug-likeness (QED) is 0.401. The summed E-state index contributed by atoms with van der Waals surface area (Å²) in [6.07, 6.45) is 4.87. The number of methoxy groups -OCH3 is 1. The van der Waals surface area contributed by atoms with E-state index in [1.807, 2.05) is 24.4 Å². The summed E-state index contributed by atoms with van der Waals surface area (Å²) in [6, 6.07) is 5.66. The number of carbonyl (C=O) groups excluding carboxylic acids is 2. The van der Waals surface area contributed by atoms with Crippen molar-refractivity contribution in [1.29, 1.82) is 0 Å². The fraction of sp³-hybridized carbons (Fsp3) is 0.118. The van der Waals surface area contributed by atoms with Gasteiger partial charge in [-0.2, -0.15) is 0 Å². The number of pyridine rings is 1. The molecule has 0 amide bonds. The minimum atomic E-state index is -0.379. The molecule has 3 heterocycles. The van der Waals surface area contributed by atoms with Crippen molar-refractivity contribution in [1.82, 2.24) is 4.98 Å². The van der Waals surface area contributed by atoms with Crippen LogP contribution in [0.5, 0.6) is 0 Å². The van der Waals surface area contributed by atoms with Gasteiger partial charge < -0.3 is 4.74 Å². The van der Waals surface area contributed by atoms with E-state index in [4.69, 9.17) is 4.74 Å². The van der Waals surface area contributed by atoms with Crippen LogP contribution in [-0.4, -0.2) is 23.8 Å². The molecule has 0 N–H and O–H groups in total. The molecule has 0 unspecified atom stereocenters. The first kappa shape index (κ1) is 15.6. The average Bonchev–Trinajstić information content (AvgIpc) is 3.20. The van der Waals surface area contributed by atoms with Gasteiger partial charge in [-0.1, -0.05) is 6.07 Å². The van der Waals surface area contributed by atoms with Crippen molar-refractivity contribution in [2.75, 3.05) is 7.11 Å². The number of carbonyl (C=O) groups is 2. The zero-order chi connectivity index (χ0) is 16.4. The first-order chi connectivity index (χ1) is 11.1. The Hall–Kier alpha value is -2.31. The lowest BCUT2D eigenvalue weighted by molar-refractivity contribution is 0.0605. The van der Waals surface area contributed by atoms with Crippen LogP contribution in [0, 0.1) is 6.92 Å². The second-order valence-corrected chi connectivity index (χ2v) is 6.82. The minimum Gasteiger partial charge on any atom is -0.465 e. The van der Waals surface area contributed by atoms with Crippen molar-refractivity contribution in [3.8, 4) is 0 Å². The lowest BCUT2D eigenvalue weighted by Crippen LogP contribution is -1.99. The maximum atomic E-state index is 12.3. The van der Waals surface area contributed by atoms with Gasteiger partial charge in [-0.05, 0) is 42.2 Å². The summed E-state index contributed by atoms with van der Waals surface area (Å²) in [4.78, 5) is 30.6. The number of hydrogen-bond acceptors (Lipinski definition) is 6. The van der Waals surface area contributed by atoms with Gasteiger partial charge >= 0.3 is 5.97 Å². The van der Waals surface area contributed by atoms with Crippen molar-refractivity contribution >= 4 is 50.7 Å². The van der Waals surface area contributed by atoms with E-state index in [9.17, 15) is 9.59 Å². The molecule has 0 aliphatic carbocycles. The number of ketones is 1. The molecule has 0 bridgehead atoms. The van der Waals surface area contributed by atoms with Gasteiger partial charge in [0.2, 0.25) is 0 Å². The molecule has 0 aromatic carbocycles. The molecular formula is C17H13NO3S2. The Labute approximate surface area is 141 Å². The van der Waals surface area contributed by atoms with Crippen LogP contribution in [-0.2, 0) is 4.74 Å². The zero-order valence-corrected chi connectivity index (χ0v) is 14.2. The van der Waals surface area contributed by atoms with Gasteiger partial charge in [0.25, 0.3) is 0 Å². The number of ether oxygens (including phenoxy) is 1. The van der Waals surface area contributed by atoms with Gasteiger partial charge in [0, 0.05) is 22.0 Å². The van der Waals surface area contributed by atoms with E-state index in [0.717, 1.165) is 20.7 Å². The average molecular weight is 343 g/mol. The summed E-state index contributed by atoms with van der Waals surface area (Å²) in [5.74, 6) is -0.492. The van der Waals surface area contributed by atoms with Gasteiger partial charge in [-0.3, -0.25) is 4.79 Å². The van der Waals surface area contributed by atoms with Crippen molar-refractivity contribution < 1.29 is 14.3 Å². The molecule has 6 heteroatoms. The lowest BCUT2D eigenvalue weighted by atomic mass is 10.1. The maximum Gasteiger partial charge on any atom is 0.348 e. The van der Waals surface area contributed by atoms with Crippen LogP contribution in [0.3, 0.4) is 0 Å². The van der Waals surface area contributed by atoms with E-state index in [2.05, 4.69) is 4.98 Å². The van der Waals surface area contributed by atoms with E-state index < -0.39 is 0 Å². The van der Waals surface area contributed by atoms with Gasteiger partial charge in [0.05, 0.1) is 7.11 Å². The van der Waals surface area contributed by atoms with Crippen LogP contribution in [0.4, 0.5) is 0 Å². The Morgan fingerprint density at radius 3 is 2.87 bits per heavy atom. The summed E-state index contributed by atoms with van der Waals surface area (Å²) in [6.45, 7) is 1.84. The Kier molecular flexibility index (Phi) is 4.36. The highest BCUT2D eigenvalue weighted by molar-refractivity contribution is 7.20. The second-order valence-electron chi connectivity index (χ2n) is 4.84. The molecule has 0 spiro atoms. The highest BCUT2D eigenvalue weighted by Crippen LogP contribution is 2.30. The monoisotopic (exact) mass is 343 g/mol. The summed E-state index contributed by atoms with van der Waals surface area (Å²) in [7, 11) is 1.35. The van der Waals surface area contributed by atoms with Crippen molar-refractivity contribution in [2.24, 2.45) is 0 Å². The van der Waals surface area contributed by atoms with E-state index in [0.29, 0.717) is 10.4 Å². The normalized spacial score (nSPS) is 11.2. The fourth-order valence-electron chi connectivity index (χ4n) is 2.16. The third-order valence-electron chi connectivity index (χ3n) is 3.39. The number of allylic oxidation sites excluding steroid dienone is 1. The molecule has 4 nitrogen and oxygen atoms in total. The van der Waals surface area contributed by atoms with Gasteiger partial charge in [-0.15, -0.1) is 22.7 Å². The number of hydrogen-bond donors (Lipinski definition) is 0. The number of fused-ring (bicyclic) bond motifs is 1. The molecule has 3 aromatic rings. The third kappa shape index (κ3) is 3.09. The molecule has 0 fully saturated rings. The van der Waals surface area contributed by atoms with Crippen molar-refractivity contribution in [3.05, 3.63) is 56.7 Å². The van der Waals surface area contributed by atoms with Crippen LogP contribution in [0.1, 0.15) is 30.5 Å². The molecule has 0 radical (unpaired) electrons. The Bertz CT molecular complexity index is 907. The molecule has 3 rings (SSSR count). The van der Waals surface area contributed by atoms with Crippen LogP contribution >= 0.6 is 22.7 Å². The summed E-state index contributed by atoms with van der Waals surface area (Å²) in [5.41, 5.74) is 1.30. The highest BCUT2D eigenvalue weighted by atomic mass is 32.1. The molecule has 23 heavy (non-hydrogen) atoms. The Morgan fingerprint density at radius 2 is 2.17 bits per heavy atom. The smallest absolute Gasteiger partial charge is 0.348 e. The van der Waals surface area contributed by atoms with Gasteiger partial charge in [0.1, 0.15) is 9.71 Å². The van der Waals surface area contributed by atoms with Gasteiger partial charge in [-0.25, -0.2) is 9.78 Å². The van der Waals surface area contributed by atoms with Gasteiger partial charge in [0.15, 0.2) is 5.78 Å². The number of esters is 1. The molecular weight excluding hydrogens is 330 g/mol. The predicted molar refractivity (Wildman–Crippen MR) is 93.4 cm³/mol. The van der Waals surface area contributed by atoms with Crippen LogP contribution < -0.4 is 0 Å². The molecule has 0 aliphatic heterocycles. The number of rotatable bonds is 4. The highest BCUT2D eigenvalue weighted by Gasteiger charge is 2.17. The predicted octanol–water partition coefficient (Wildman–Crippen LogP) is 4.35. The van der Waals surface area contributed by atoms with Crippen molar-refractivity contribution in [2.45, 2.75) is 6.92 Å². The number of thiophene rings is 2. The number of aryl methyl sites for hydroxylation is 1. The van der Waals surface area contributed by atoms with Crippen molar-refractivity contribution in [3.63, 3.8) is 0 Å². The number of aromatic nitrogens is 1. The SMILES string of the molecule is COC(=O)c1sc2ncc(C(=O)/C=C/c3cccs3)cc2c1C. The van der Waals surface area contributed by atoms with E-state index in [-0.39, 0.29) is 11.8 Å². The summed E-state index contributed by atoms with van der Waals surface area (Å²) < 4.78 is 4.77. The third-order valence-corrected chi connectivity index (χ3v) is 5.43. The van der Waals surface area contributed by atoms with Crippen LogP contribution in [0.2, 0.25) is 0 Å². The first-order valence-corrected chi connectivity index (χ1v) is 8.53. The summed E-state index contributed by atoms with van der Waals surface area (Å²) >= 11 is 2.84. The van der Waals surface area contributed by atoms with E-state index in [1.54, 1.807) is 29.7 Å². The second kappa shape index (κ2) is 6.44. The fourth-order valence-corrected chi connectivity index (χ4v) is 3.83. The Balaban J connectivity index is 1.95. The Morgan fingerprint density at radius 1 is 1.35 bits per heavy atom. The molecule has 0 atom stereocenters. The maximum absolute atomic E-state index is 12.3. The topological polar surface area (TPSA) is 56.3 Å². The first-order valence-electron chi connectivity index (χ1n) is 6.83. The summed E-state index contributed by atoms with van der Waals surface area (Å²) in [5, 5.41) is 2.77.